The molecule has 2 N–H and O–H groups in total. The lowest BCUT2D eigenvalue weighted by Crippen LogP contribution is -2.10. The molecule has 0 spiro atoms. The quantitative estimate of drug-likeness (QED) is 0.919. The smallest absolute Gasteiger partial charge is 0.383 e. The van der Waals surface area contributed by atoms with Gasteiger partial charge in [-0.1, -0.05) is 6.92 Å². The first-order valence-electron chi connectivity index (χ1n) is 5.99. The molecule has 7 heteroatoms. The van der Waals surface area contributed by atoms with Crippen LogP contribution < -0.4 is 5.73 Å². The molecule has 2 aromatic heterocycles. The van der Waals surface area contributed by atoms with Gasteiger partial charge in [-0.15, -0.1) is 0 Å². The summed E-state index contributed by atoms with van der Waals surface area (Å²) in [6.07, 6.45) is -1.74. The third-order valence-electron chi connectivity index (χ3n) is 2.93. The predicted octanol–water partition coefficient (Wildman–Crippen LogP) is 3.01. The number of nitrogens with zero attached hydrogens (tertiary/aromatic N) is 3. The molecule has 4 nitrogen and oxygen atoms in total. The maximum Gasteiger partial charge on any atom is 0.417 e. The predicted molar refractivity (Wildman–Crippen MR) is 68.8 cm³/mol. The molecule has 20 heavy (non-hydrogen) atoms. The van der Waals surface area contributed by atoms with E-state index >= 15 is 0 Å². The second kappa shape index (κ2) is 5.07. The highest BCUT2D eigenvalue weighted by molar-refractivity contribution is 5.70. The number of anilines is 1. The van der Waals surface area contributed by atoms with Crippen LogP contribution in [0.15, 0.2) is 18.5 Å². The van der Waals surface area contributed by atoms with Crippen LogP contribution >= 0.6 is 0 Å². The Morgan fingerprint density at radius 1 is 1.25 bits per heavy atom. The monoisotopic (exact) mass is 282 g/mol. The van der Waals surface area contributed by atoms with Gasteiger partial charge in [-0.3, -0.25) is 4.98 Å². The van der Waals surface area contributed by atoms with Crippen molar-refractivity contribution in [2.24, 2.45) is 0 Å². The van der Waals surface area contributed by atoms with Crippen LogP contribution in [-0.2, 0) is 12.6 Å². The van der Waals surface area contributed by atoms with E-state index in [0.717, 1.165) is 18.5 Å². The maximum atomic E-state index is 13.0. The van der Waals surface area contributed by atoms with Crippen LogP contribution in [0, 0.1) is 6.92 Å². The van der Waals surface area contributed by atoms with Gasteiger partial charge in [-0.05, 0) is 13.0 Å². The second-order valence-electron chi connectivity index (χ2n) is 4.27. The number of aryl methyl sites for hydroxylation is 1. The fraction of sp³-hybridized carbons (Fsp3) is 0.308. The van der Waals surface area contributed by atoms with Crippen LogP contribution in [-0.4, -0.2) is 15.0 Å². The Labute approximate surface area is 113 Å². The number of alkyl halides is 3. The zero-order valence-electron chi connectivity index (χ0n) is 11.0. The molecule has 0 aliphatic rings. The normalized spacial score (nSPS) is 11.7. The van der Waals surface area contributed by atoms with E-state index in [1.807, 2.05) is 6.92 Å². The first kappa shape index (κ1) is 14.2. The van der Waals surface area contributed by atoms with E-state index < -0.39 is 11.7 Å². The van der Waals surface area contributed by atoms with Gasteiger partial charge in [0, 0.05) is 29.9 Å². The van der Waals surface area contributed by atoms with Crippen molar-refractivity contribution in [3.8, 4) is 11.3 Å². The largest absolute Gasteiger partial charge is 0.417 e. The molecule has 106 valence electrons. The lowest BCUT2D eigenvalue weighted by Gasteiger charge is -2.14. The number of nitrogens with two attached hydrogens (primary N) is 1. The average molecular weight is 282 g/mol. The summed E-state index contributed by atoms with van der Waals surface area (Å²) in [6, 6.07) is 0.929. The molecule has 0 unspecified atom stereocenters. The standard InChI is InChI=1S/C13H13F3N4/c1-3-10-19-11(7(2)12(17)20-10)8-6-18-5-4-9(8)13(14,15)16/h4-6H,3H2,1-2H3,(H2,17,19,20). The number of nitrogen functional groups attached to an aromatic ring is 1. The highest BCUT2D eigenvalue weighted by Gasteiger charge is 2.34. The van der Waals surface area contributed by atoms with E-state index in [1.165, 1.54) is 0 Å². The average Bonchev–Trinajstić information content (AvgIpc) is 2.40. The molecule has 0 atom stereocenters. The minimum absolute atomic E-state index is 0.0821. The molecule has 0 bridgehead atoms. The molecule has 2 aromatic rings. The second-order valence-corrected chi connectivity index (χ2v) is 4.27. The first-order chi connectivity index (χ1) is 9.34. The summed E-state index contributed by atoms with van der Waals surface area (Å²) in [4.78, 5) is 12.0. The van der Waals surface area contributed by atoms with E-state index in [4.69, 9.17) is 5.73 Å². The van der Waals surface area contributed by atoms with Gasteiger partial charge < -0.3 is 5.73 Å². The van der Waals surface area contributed by atoms with Gasteiger partial charge in [-0.25, -0.2) is 9.97 Å². The van der Waals surface area contributed by atoms with Crippen LogP contribution in [0.2, 0.25) is 0 Å². The van der Waals surface area contributed by atoms with Gasteiger partial charge in [0.25, 0.3) is 0 Å². The summed E-state index contributed by atoms with van der Waals surface area (Å²) in [6.45, 7) is 3.40. The Hall–Kier alpha value is -2.18. The maximum absolute atomic E-state index is 13.0. The van der Waals surface area contributed by atoms with E-state index in [9.17, 15) is 13.2 Å². The summed E-state index contributed by atoms with van der Waals surface area (Å²) in [7, 11) is 0. The molecule has 0 saturated carbocycles. The summed E-state index contributed by atoms with van der Waals surface area (Å²) >= 11 is 0. The van der Waals surface area contributed by atoms with Crippen LogP contribution in [0.4, 0.5) is 19.0 Å². The van der Waals surface area contributed by atoms with Gasteiger partial charge in [0.05, 0.1) is 11.3 Å². The van der Waals surface area contributed by atoms with E-state index in [0.29, 0.717) is 17.8 Å². The SMILES string of the molecule is CCc1nc(N)c(C)c(-c2cnccc2C(F)(F)F)n1. The molecule has 0 aliphatic heterocycles. The number of halogens is 3. The van der Waals surface area contributed by atoms with Crippen molar-refractivity contribution < 1.29 is 13.2 Å². The highest BCUT2D eigenvalue weighted by atomic mass is 19.4. The van der Waals surface area contributed by atoms with Gasteiger partial charge in [0.1, 0.15) is 11.6 Å². The summed E-state index contributed by atoms with van der Waals surface area (Å²) in [5, 5.41) is 0. The molecule has 0 radical (unpaired) electrons. The van der Waals surface area contributed by atoms with Gasteiger partial charge in [0.2, 0.25) is 0 Å². The number of hydrogen-bond donors (Lipinski definition) is 1. The van der Waals surface area contributed by atoms with Crippen LogP contribution in [0.5, 0.6) is 0 Å². The molecule has 0 aromatic carbocycles. The molecule has 2 heterocycles. The lowest BCUT2D eigenvalue weighted by molar-refractivity contribution is -0.137. The summed E-state index contributed by atoms with van der Waals surface area (Å²) in [5.41, 5.74) is 5.47. The Morgan fingerprint density at radius 2 is 1.95 bits per heavy atom. The topological polar surface area (TPSA) is 64.7 Å². The van der Waals surface area contributed by atoms with Crippen molar-refractivity contribution in [3.63, 3.8) is 0 Å². The molecule has 0 aliphatic carbocycles. The fourth-order valence-electron chi connectivity index (χ4n) is 1.83. The van der Waals surface area contributed by atoms with Gasteiger partial charge in [0.15, 0.2) is 0 Å². The van der Waals surface area contributed by atoms with Crippen molar-refractivity contribution in [3.05, 3.63) is 35.4 Å². The number of pyridine rings is 1. The zero-order chi connectivity index (χ0) is 14.9. The molecule has 0 fully saturated rings. The van der Waals surface area contributed by atoms with E-state index in [-0.39, 0.29) is 17.1 Å². The van der Waals surface area contributed by atoms with Crippen LogP contribution in [0.3, 0.4) is 0 Å². The highest BCUT2D eigenvalue weighted by Crippen LogP contribution is 2.37. The zero-order valence-corrected chi connectivity index (χ0v) is 11.0. The number of aromatic nitrogens is 3. The molecular weight excluding hydrogens is 269 g/mol. The van der Waals surface area contributed by atoms with Crippen molar-refractivity contribution in [1.82, 2.24) is 15.0 Å². The Balaban J connectivity index is 2.72. The van der Waals surface area contributed by atoms with Crippen molar-refractivity contribution in [1.29, 1.82) is 0 Å². The van der Waals surface area contributed by atoms with Crippen molar-refractivity contribution in [2.75, 3.05) is 5.73 Å². The minimum atomic E-state index is -4.48. The Kier molecular flexibility index (Phi) is 3.61. The third kappa shape index (κ3) is 2.56. The van der Waals surface area contributed by atoms with E-state index in [1.54, 1.807) is 6.92 Å². The Bertz CT molecular complexity index is 638. The first-order valence-corrected chi connectivity index (χ1v) is 5.99. The molecule has 0 saturated heterocycles. The molecule has 0 amide bonds. The molecule has 2 rings (SSSR count). The summed E-state index contributed by atoms with van der Waals surface area (Å²) < 4.78 is 39.1. The number of hydrogen-bond acceptors (Lipinski definition) is 4. The van der Waals surface area contributed by atoms with Crippen molar-refractivity contribution >= 4 is 5.82 Å². The number of rotatable bonds is 2. The van der Waals surface area contributed by atoms with Crippen LogP contribution in [0.25, 0.3) is 11.3 Å². The van der Waals surface area contributed by atoms with Crippen LogP contribution in [0.1, 0.15) is 23.9 Å². The van der Waals surface area contributed by atoms with Gasteiger partial charge in [-0.2, -0.15) is 13.2 Å². The van der Waals surface area contributed by atoms with Crippen molar-refractivity contribution in [2.45, 2.75) is 26.4 Å². The Morgan fingerprint density at radius 3 is 2.55 bits per heavy atom. The van der Waals surface area contributed by atoms with E-state index in [2.05, 4.69) is 15.0 Å². The lowest BCUT2D eigenvalue weighted by atomic mass is 10.0. The minimum Gasteiger partial charge on any atom is -0.383 e. The third-order valence-corrected chi connectivity index (χ3v) is 2.93. The summed E-state index contributed by atoms with van der Waals surface area (Å²) in [5.74, 6) is 0.587. The molecular formula is C13H13F3N4. The van der Waals surface area contributed by atoms with Gasteiger partial charge >= 0.3 is 6.18 Å². The fourth-order valence-corrected chi connectivity index (χ4v) is 1.83.